The topological polar surface area (TPSA) is 20.2 Å². The molecule has 2 rings (SSSR count). The Kier molecular flexibility index (Phi) is 3.34. The smallest absolute Gasteiger partial charge is 0.0899 e. The molecule has 2 atom stereocenters. The highest BCUT2D eigenvalue weighted by Crippen LogP contribution is 2.42. The standard InChI is InChI=1S/C15H22O/c1-12(2)13-7-6-10-15(16,11-13)14-8-4-3-5-9-14/h3-5,8-9,12-13,16H,6-7,10-11H2,1-2H3. The zero-order valence-electron chi connectivity index (χ0n) is 10.3. The van der Waals surface area contributed by atoms with Gasteiger partial charge in [-0.15, -0.1) is 0 Å². The van der Waals surface area contributed by atoms with Gasteiger partial charge in [0.2, 0.25) is 0 Å². The minimum Gasteiger partial charge on any atom is -0.385 e. The molecule has 0 aromatic heterocycles. The minimum absolute atomic E-state index is 0.575. The summed E-state index contributed by atoms with van der Waals surface area (Å²) in [5.74, 6) is 1.34. The van der Waals surface area contributed by atoms with Crippen LogP contribution in [0, 0.1) is 11.8 Å². The van der Waals surface area contributed by atoms with Crippen LogP contribution in [-0.4, -0.2) is 5.11 Å². The number of benzene rings is 1. The third-order valence-corrected chi connectivity index (χ3v) is 4.02. The second-order valence-corrected chi connectivity index (χ2v) is 5.50. The Morgan fingerprint density at radius 2 is 1.94 bits per heavy atom. The highest BCUT2D eigenvalue weighted by molar-refractivity contribution is 5.22. The highest BCUT2D eigenvalue weighted by Gasteiger charge is 2.36. The normalized spacial score (nSPS) is 30.6. The Labute approximate surface area is 98.5 Å². The van der Waals surface area contributed by atoms with Crippen LogP contribution in [0.15, 0.2) is 30.3 Å². The van der Waals surface area contributed by atoms with Crippen molar-refractivity contribution in [2.45, 2.75) is 45.1 Å². The molecule has 1 nitrogen and oxygen atoms in total. The van der Waals surface area contributed by atoms with Gasteiger partial charge in [-0.25, -0.2) is 0 Å². The summed E-state index contributed by atoms with van der Waals surface area (Å²) in [4.78, 5) is 0. The summed E-state index contributed by atoms with van der Waals surface area (Å²) in [6, 6.07) is 10.2. The molecule has 1 aromatic rings. The van der Waals surface area contributed by atoms with Crippen molar-refractivity contribution in [3.63, 3.8) is 0 Å². The molecule has 16 heavy (non-hydrogen) atoms. The molecule has 0 saturated heterocycles. The van der Waals surface area contributed by atoms with Gasteiger partial charge in [0.05, 0.1) is 5.60 Å². The van der Waals surface area contributed by atoms with Crippen LogP contribution in [0.1, 0.15) is 45.1 Å². The lowest BCUT2D eigenvalue weighted by molar-refractivity contribution is -0.0295. The summed E-state index contributed by atoms with van der Waals surface area (Å²) in [5, 5.41) is 10.8. The van der Waals surface area contributed by atoms with Crippen LogP contribution in [0.25, 0.3) is 0 Å². The Morgan fingerprint density at radius 3 is 2.56 bits per heavy atom. The Morgan fingerprint density at radius 1 is 1.25 bits per heavy atom. The van der Waals surface area contributed by atoms with Crippen molar-refractivity contribution in [2.24, 2.45) is 11.8 Å². The first-order chi connectivity index (χ1) is 7.62. The molecule has 1 N–H and O–H groups in total. The lowest BCUT2D eigenvalue weighted by atomic mass is 9.71. The Hall–Kier alpha value is -0.820. The maximum Gasteiger partial charge on any atom is 0.0899 e. The first-order valence-corrected chi connectivity index (χ1v) is 6.40. The zero-order valence-corrected chi connectivity index (χ0v) is 10.3. The van der Waals surface area contributed by atoms with Gasteiger partial charge in [-0.1, -0.05) is 44.2 Å². The van der Waals surface area contributed by atoms with Crippen LogP contribution in [0.5, 0.6) is 0 Å². The van der Waals surface area contributed by atoms with Crippen LogP contribution >= 0.6 is 0 Å². The molecular weight excluding hydrogens is 196 g/mol. The zero-order chi connectivity index (χ0) is 11.6. The van der Waals surface area contributed by atoms with E-state index >= 15 is 0 Å². The summed E-state index contributed by atoms with van der Waals surface area (Å²) >= 11 is 0. The van der Waals surface area contributed by atoms with Crippen molar-refractivity contribution in [3.05, 3.63) is 35.9 Å². The van der Waals surface area contributed by atoms with E-state index in [0.29, 0.717) is 11.8 Å². The molecular formula is C15H22O. The number of rotatable bonds is 2. The predicted molar refractivity (Wildman–Crippen MR) is 67.1 cm³/mol. The molecule has 0 radical (unpaired) electrons. The van der Waals surface area contributed by atoms with Gasteiger partial charge in [-0.2, -0.15) is 0 Å². The fraction of sp³-hybridized carbons (Fsp3) is 0.600. The third kappa shape index (κ3) is 2.30. The average Bonchev–Trinajstić information content (AvgIpc) is 2.30. The van der Waals surface area contributed by atoms with E-state index in [1.807, 2.05) is 18.2 Å². The van der Waals surface area contributed by atoms with Gasteiger partial charge in [0.25, 0.3) is 0 Å². The molecule has 0 amide bonds. The molecule has 0 bridgehead atoms. The molecule has 2 unspecified atom stereocenters. The van der Waals surface area contributed by atoms with Gasteiger partial charge in [-0.05, 0) is 43.1 Å². The second-order valence-electron chi connectivity index (χ2n) is 5.50. The second kappa shape index (κ2) is 4.58. The fourth-order valence-electron chi connectivity index (χ4n) is 2.87. The van der Waals surface area contributed by atoms with E-state index in [4.69, 9.17) is 0 Å². The van der Waals surface area contributed by atoms with Crippen LogP contribution in [-0.2, 0) is 5.60 Å². The minimum atomic E-state index is -0.575. The van der Waals surface area contributed by atoms with E-state index < -0.39 is 5.60 Å². The van der Waals surface area contributed by atoms with Crippen molar-refractivity contribution in [3.8, 4) is 0 Å². The lowest BCUT2D eigenvalue weighted by Crippen LogP contribution is -2.34. The van der Waals surface area contributed by atoms with Crippen LogP contribution in [0.2, 0.25) is 0 Å². The summed E-state index contributed by atoms with van der Waals surface area (Å²) in [7, 11) is 0. The molecule has 1 aliphatic carbocycles. The largest absolute Gasteiger partial charge is 0.385 e. The van der Waals surface area contributed by atoms with Crippen LogP contribution in [0.4, 0.5) is 0 Å². The first kappa shape index (κ1) is 11.7. The quantitative estimate of drug-likeness (QED) is 0.802. The van der Waals surface area contributed by atoms with E-state index in [2.05, 4.69) is 26.0 Å². The average molecular weight is 218 g/mol. The molecule has 0 heterocycles. The van der Waals surface area contributed by atoms with E-state index in [1.165, 1.54) is 6.42 Å². The van der Waals surface area contributed by atoms with Gasteiger partial charge < -0.3 is 5.11 Å². The molecule has 1 fully saturated rings. The van der Waals surface area contributed by atoms with Gasteiger partial charge in [0, 0.05) is 0 Å². The lowest BCUT2D eigenvalue weighted by Gasteiger charge is -2.39. The first-order valence-electron chi connectivity index (χ1n) is 6.40. The Bertz CT molecular complexity index is 331. The summed E-state index contributed by atoms with van der Waals surface area (Å²) in [5.41, 5.74) is 0.523. The summed E-state index contributed by atoms with van der Waals surface area (Å²) < 4.78 is 0. The van der Waals surface area contributed by atoms with Crippen LogP contribution < -0.4 is 0 Å². The van der Waals surface area contributed by atoms with E-state index in [0.717, 1.165) is 24.8 Å². The summed E-state index contributed by atoms with van der Waals surface area (Å²) in [6.07, 6.45) is 4.26. The summed E-state index contributed by atoms with van der Waals surface area (Å²) in [6.45, 7) is 4.53. The maximum atomic E-state index is 10.8. The van der Waals surface area contributed by atoms with Crippen molar-refractivity contribution in [2.75, 3.05) is 0 Å². The number of aliphatic hydroxyl groups is 1. The number of hydrogen-bond donors (Lipinski definition) is 1. The molecule has 0 aliphatic heterocycles. The van der Waals surface area contributed by atoms with Crippen LogP contribution in [0.3, 0.4) is 0 Å². The van der Waals surface area contributed by atoms with Crippen molar-refractivity contribution in [1.29, 1.82) is 0 Å². The van der Waals surface area contributed by atoms with Gasteiger partial charge in [0.1, 0.15) is 0 Å². The molecule has 1 saturated carbocycles. The van der Waals surface area contributed by atoms with E-state index in [9.17, 15) is 5.11 Å². The molecule has 88 valence electrons. The van der Waals surface area contributed by atoms with E-state index in [1.54, 1.807) is 0 Å². The molecule has 1 aliphatic rings. The highest BCUT2D eigenvalue weighted by atomic mass is 16.3. The maximum absolute atomic E-state index is 10.8. The monoisotopic (exact) mass is 218 g/mol. The number of hydrogen-bond acceptors (Lipinski definition) is 1. The fourth-order valence-corrected chi connectivity index (χ4v) is 2.87. The van der Waals surface area contributed by atoms with Gasteiger partial charge in [0.15, 0.2) is 0 Å². The van der Waals surface area contributed by atoms with Gasteiger partial charge >= 0.3 is 0 Å². The molecule has 1 heteroatoms. The predicted octanol–water partition coefficient (Wildman–Crippen LogP) is 3.72. The van der Waals surface area contributed by atoms with Crippen molar-refractivity contribution < 1.29 is 5.11 Å². The molecule has 0 spiro atoms. The third-order valence-electron chi connectivity index (χ3n) is 4.02. The molecule has 1 aromatic carbocycles. The van der Waals surface area contributed by atoms with Gasteiger partial charge in [-0.3, -0.25) is 0 Å². The van der Waals surface area contributed by atoms with E-state index in [-0.39, 0.29) is 0 Å². The van der Waals surface area contributed by atoms with Crippen molar-refractivity contribution in [1.82, 2.24) is 0 Å². The SMILES string of the molecule is CC(C)C1CCCC(O)(c2ccccc2)C1. The Balaban J connectivity index is 2.19. The van der Waals surface area contributed by atoms with Crippen molar-refractivity contribution >= 4 is 0 Å².